The third kappa shape index (κ3) is 3.94. The third-order valence-corrected chi connectivity index (χ3v) is 3.52. The maximum atomic E-state index is 13.0. The SMILES string of the molecule is CC(=NNc1cc(Cl)nc(-c2ccccc2)n1)c1ccc(F)cc1. The van der Waals surface area contributed by atoms with Crippen LogP contribution in [0.3, 0.4) is 0 Å². The normalized spacial score (nSPS) is 11.4. The van der Waals surface area contributed by atoms with Crippen LogP contribution in [0.15, 0.2) is 65.8 Å². The molecule has 0 amide bonds. The molecule has 6 heteroatoms. The zero-order valence-corrected chi connectivity index (χ0v) is 13.6. The van der Waals surface area contributed by atoms with Crippen molar-refractivity contribution in [1.29, 1.82) is 0 Å². The first-order valence-electron chi connectivity index (χ1n) is 7.28. The van der Waals surface area contributed by atoms with Gasteiger partial charge in [-0.2, -0.15) is 5.10 Å². The summed E-state index contributed by atoms with van der Waals surface area (Å²) in [6, 6.07) is 17.3. The van der Waals surface area contributed by atoms with E-state index in [4.69, 9.17) is 11.6 Å². The van der Waals surface area contributed by atoms with Crippen molar-refractivity contribution >= 4 is 23.1 Å². The molecule has 0 fully saturated rings. The maximum absolute atomic E-state index is 13.0. The zero-order valence-electron chi connectivity index (χ0n) is 12.9. The van der Waals surface area contributed by atoms with Crippen molar-refractivity contribution in [2.45, 2.75) is 6.92 Å². The molecular weight excluding hydrogens is 327 g/mol. The average molecular weight is 341 g/mol. The van der Waals surface area contributed by atoms with Crippen molar-refractivity contribution < 1.29 is 4.39 Å². The lowest BCUT2D eigenvalue weighted by molar-refractivity contribution is 0.628. The Morgan fingerprint density at radius 3 is 2.46 bits per heavy atom. The van der Waals surface area contributed by atoms with Gasteiger partial charge in [-0.25, -0.2) is 14.4 Å². The number of rotatable bonds is 4. The monoisotopic (exact) mass is 340 g/mol. The maximum Gasteiger partial charge on any atom is 0.163 e. The Labute approximate surface area is 144 Å². The van der Waals surface area contributed by atoms with Crippen LogP contribution in [0, 0.1) is 5.82 Å². The van der Waals surface area contributed by atoms with Gasteiger partial charge in [0, 0.05) is 11.6 Å². The molecular formula is C18H14ClFN4. The largest absolute Gasteiger partial charge is 0.261 e. The summed E-state index contributed by atoms with van der Waals surface area (Å²) in [5.41, 5.74) is 5.24. The van der Waals surface area contributed by atoms with Gasteiger partial charge in [-0.15, -0.1) is 0 Å². The molecule has 0 saturated heterocycles. The van der Waals surface area contributed by atoms with Gasteiger partial charge in [0.05, 0.1) is 5.71 Å². The fourth-order valence-corrected chi connectivity index (χ4v) is 2.27. The van der Waals surface area contributed by atoms with Gasteiger partial charge in [-0.1, -0.05) is 54.1 Å². The van der Waals surface area contributed by atoms with E-state index in [0.29, 0.717) is 22.5 Å². The van der Waals surface area contributed by atoms with E-state index >= 15 is 0 Å². The highest BCUT2D eigenvalue weighted by Crippen LogP contribution is 2.20. The molecule has 24 heavy (non-hydrogen) atoms. The fraction of sp³-hybridized carbons (Fsp3) is 0.0556. The first kappa shape index (κ1) is 16.1. The Bertz CT molecular complexity index is 864. The third-order valence-electron chi connectivity index (χ3n) is 3.33. The molecule has 0 saturated carbocycles. The van der Waals surface area contributed by atoms with Crippen molar-refractivity contribution in [1.82, 2.24) is 9.97 Å². The molecule has 3 aromatic rings. The van der Waals surface area contributed by atoms with Crippen LogP contribution in [-0.2, 0) is 0 Å². The molecule has 0 radical (unpaired) electrons. The Morgan fingerprint density at radius 2 is 1.75 bits per heavy atom. The zero-order chi connectivity index (χ0) is 16.9. The minimum atomic E-state index is -0.283. The number of hydrogen-bond acceptors (Lipinski definition) is 4. The van der Waals surface area contributed by atoms with E-state index in [2.05, 4.69) is 20.5 Å². The number of anilines is 1. The van der Waals surface area contributed by atoms with Gasteiger partial charge in [-0.3, -0.25) is 5.43 Å². The van der Waals surface area contributed by atoms with Crippen LogP contribution in [0.25, 0.3) is 11.4 Å². The highest BCUT2D eigenvalue weighted by molar-refractivity contribution is 6.29. The highest BCUT2D eigenvalue weighted by atomic mass is 35.5. The van der Waals surface area contributed by atoms with E-state index in [1.807, 2.05) is 37.3 Å². The van der Waals surface area contributed by atoms with E-state index in [9.17, 15) is 4.39 Å². The molecule has 0 spiro atoms. The summed E-state index contributed by atoms with van der Waals surface area (Å²) in [5.74, 6) is 0.713. The minimum Gasteiger partial charge on any atom is -0.261 e. The van der Waals surface area contributed by atoms with Gasteiger partial charge in [-0.05, 0) is 24.6 Å². The molecule has 2 aromatic carbocycles. The number of nitrogens with zero attached hydrogens (tertiary/aromatic N) is 3. The first-order chi connectivity index (χ1) is 11.6. The van der Waals surface area contributed by atoms with Gasteiger partial charge in [0.1, 0.15) is 11.0 Å². The summed E-state index contributed by atoms with van der Waals surface area (Å²) in [6.07, 6.45) is 0. The summed E-state index contributed by atoms with van der Waals surface area (Å²) >= 11 is 6.07. The molecule has 0 aliphatic rings. The van der Waals surface area contributed by atoms with Crippen molar-refractivity contribution in [2.24, 2.45) is 5.10 Å². The Hall–Kier alpha value is -2.79. The van der Waals surface area contributed by atoms with Crippen LogP contribution >= 0.6 is 11.6 Å². The summed E-state index contributed by atoms with van der Waals surface area (Å²) < 4.78 is 13.0. The number of hydrazone groups is 1. The topological polar surface area (TPSA) is 50.2 Å². The number of benzene rings is 2. The van der Waals surface area contributed by atoms with Crippen molar-refractivity contribution in [3.05, 3.63) is 77.2 Å². The molecule has 1 aromatic heterocycles. The Kier molecular flexibility index (Phi) is 4.82. The summed E-state index contributed by atoms with van der Waals surface area (Å²) in [7, 11) is 0. The second-order valence-electron chi connectivity index (χ2n) is 5.08. The predicted octanol–water partition coefficient (Wildman–Crippen LogP) is 4.77. The summed E-state index contributed by atoms with van der Waals surface area (Å²) in [5, 5.41) is 4.59. The van der Waals surface area contributed by atoms with Crippen LogP contribution in [0.5, 0.6) is 0 Å². The Morgan fingerprint density at radius 1 is 1.04 bits per heavy atom. The van der Waals surface area contributed by atoms with Gasteiger partial charge >= 0.3 is 0 Å². The van der Waals surface area contributed by atoms with E-state index in [-0.39, 0.29) is 5.82 Å². The van der Waals surface area contributed by atoms with Crippen molar-refractivity contribution in [3.8, 4) is 11.4 Å². The lowest BCUT2D eigenvalue weighted by atomic mass is 10.1. The molecule has 1 heterocycles. The average Bonchev–Trinajstić information content (AvgIpc) is 2.60. The molecule has 0 aliphatic carbocycles. The second kappa shape index (κ2) is 7.19. The van der Waals surface area contributed by atoms with Gasteiger partial charge in [0.15, 0.2) is 11.6 Å². The smallest absolute Gasteiger partial charge is 0.163 e. The molecule has 0 bridgehead atoms. The van der Waals surface area contributed by atoms with Crippen LogP contribution in [0.2, 0.25) is 5.15 Å². The predicted molar refractivity (Wildman–Crippen MR) is 94.7 cm³/mol. The van der Waals surface area contributed by atoms with Gasteiger partial charge in [0.2, 0.25) is 0 Å². The van der Waals surface area contributed by atoms with E-state index in [0.717, 1.165) is 11.1 Å². The van der Waals surface area contributed by atoms with Gasteiger partial charge < -0.3 is 0 Å². The van der Waals surface area contributed by atoms with Crippen LogP contribution in [0.4, 0.5) is 10.2 Å². The van der Waals surface area contributed by atoms with E-state index in [1.165, 1.54) is 12.1 Å². The molecule has 1 N–H and O–H groups in total. The summed E-state index contributed by atoms with van der Waals surface area (Å²) in [4.78, 5) is 8.63. The lowest BCUT2D eigenvalue weighted by Gasteiger charge is -2.06. The van der Waals surface area contributed by atoms with E-state index < -0.39 is 0 Å². The quantitative estimate of drug-likeness (QED) is 0.423. The minimum absolute atomic E-state index is 0.283. The number of hydrogen-bond donors (Lipinski definition) is 1. The Balaban J connectivity index is 1.84. The van der Waals surface area contributed by atoms with Gasteiger partial charge in [0.25, 0.3) is 0 Å². The van der Waals surface area contributed by atoms with Crippen LogP contribution in [-0.4, -0.2) is 15.7 Å². The summed E-state index contributed by atoms with van der Waals surface area (Å²) in [6.45, 7) is 1.82. The molecule has 4 nitrogen and oxygen atoms in total. The van der Waals surface area contributed by atoms with E-state index in [1.54, 1.807) is 18.2 Å². The second-order valence-corrected chi connectivity index (χ2v) is 5.47. The number of aromatic nitrogens is 2. The number of halogens is 2. The molecule has 0 atom stereocenters. The van der Waals surface area contributed by atoms with Crippen molar-refractivity contribution in [3.63, 3.8) is 0 Å². The molecule has 120 valence electrons. The lowest BCUT2D eigenvalue weighted by Crippen LogP contribution is -2.02. The molecule has 0 aliphatic heterocycles. The molecule has 0 unspecified atom stereocenters. The fourth-order valence-electron chi connectivity index (χ4n) is 2.09. The number of nitrogens with one attached hydrogen (secondary N) is 1. The van der Waals surface area contributed by atoms with Crippen molar-refractivity contribution in [2.75, 3.05) is 5.43 Å². The van der Waals surface area contributed by atoms with Crippen LogP contribution < -0.4 is 5.43 Å². The first-order valence-corrected chi connectivity index (χ1v) is 7.66. The standard InChI is InChI=1S/C18H14ClFN4/c1-12(13-7-9-15(20)10-8-13)23-24-17-11-16(19)21-18(22-17)14-5-3-2-4-6-14/h2-11H,1H3,(H,21,22,24). The highest BCUT2D eigenvalue weighted by Gasteiger charge is 2.05. The molecule has 3 rings (SSSR count). The van der Waals surface area contributed by atoms with Crippen LogP contribution in [0.1, 0.15) is 12.5 Å².